The average molecular weight is 342 g/mol. The quantitative estimate of drug-likeness (QED) is 0.857. The van der Waals surface area contributed by atoms with Gasteiger partial charge in [-0.2, -0.15) is 0 Å². The van der Waals surface area contributed by atoms with Crippen molar-refractivity contribution in [2.75, 3.05) is 27.2 Å². The molecule has 0 spiro atoms. The van der Waals surface area contributed by atoms with Gasteiger partial charge in [0.1, 0.15) is 12.4 Å². The van der Waals surface area contributed by atoms with E-state index in [2.05, 4.69) is 43.5 Å². The first-order valence-corrected chi connectivity index (χ1v) is 9.36. The Labute approximate surface area is 150 Å². The minimum Gasteiger partial charge on any atom is -0.341 e. The molecule has 1 saturated heterocycles. The highest BCUT2D eigenvalue weighted by Crippen LogP contribution is 2.22. The minimum absolute atomic E-state index is 0.212. The summed E-state index contributed by atoms with van der Waals surface area (Å²) >= 11 is 0. The van der Waals surface area contributed by atoms with E-state index in [4.69, 9.17) is 4.98 Å². The van der Waals surface area contributed by atoms with E-state index in [0.717, 1.165) is 42.8 Å². The van der Waals surface area contributed by atoms with Crippen LogP contribution in [0.3, 0.4) is 0 Å². The standard InChI is InChI=1S/C20H30N4O/c1-15(2)20-21-17-9-5-6-10-18(17)24(20)14-19(25)23-12-7-8-16(11-13-23)22(3)4/h5-6,9-10,15-16H,7-8,11-14H2,1-4H3/t16-/m0/s1. The number of carbonyl (C=O) groups is 1. The summed E-state index contributed by atoms with van der Waals surface area (Å²) in [5.41, 5.74) is 2.03. The van der Waals surface area contributed by atoms with Crippen molar-refractivity contribution in [2.24, 2.45) is 0 Å². The summed E-state index contributed by atoms with van der Waals surface area (Å²) in [6.45, 7) is 6.38. The zero-order chi connectivity index (χ0) is 18.0. The molecule has 25 heavy (non-hydrogen) atoms. The Balaban J connectivity index is 1.79. The fraction of sp³-hybridized carbons (Fsp3) is 0.600. The van der Waals surface area contributed by atoms with Gasteiger partial charge in [0.15, 0.2) is 0 Å². The molecule has 1 aromatic heterocycles. The number of rotatable bonds is 4. The lowest BCUT2D eigenvalue weighted by Crippen LogP contribution is -2.36. The number of amides is 1. The van der Waals surface area contributed by atoms with Crippen molar-refractivity contribution >= 4 is 16.9 Å². The molecule has 5 nitrogen and oxygen atoms in total. The van der Waals surface area contributed by atoms with E-state index in [9.17, 15) is 4.79 Å². The summed E-state index contributed by atoms with van der Waals surface area (Å²) in [4.78, 5) is 22.1. The molecule has 0 saturated carbocycles. The summed E-state index contributed by atoms with van der Waals surface area (Å²) in [7, 11) is 4.27. The fourth-order valence-electron chi connectivity index (χ4n) is 3.78. The normalized spacial score (nSPS) is 19.0. The van der Waals surface area contributed by atoms with E-state index in [-0.39, 0.29) is 5.91 Å². The monoisotopic (exact) mass is 342 g/mol. The third kappa shape index (κ3) is 3.87. The van der Waals surface area contributed by atoms with Crippen molar-refractivity contribution in [2.45, 2.75) is 51.6 Å². The van der Waals surface area contributed by atoms with Crippen LogP contribution >= 0.6 is 0 Å². The number of nitrogens with zero attached hydrogens (tertiary/aromatic N) is 4. The highest BCUT2D eigenvalue weighted by atomic mass is 16.2. The van der Waals surface area contributed by atoms with Crippen molar-refractivity contribution in [3.8, 4) is 0 Å². The molecule has 1 aromatic carbocycles. The number of para-hydroxylation sites is 2. The van der Waals surface area contributed by atoms with Gasteiger partial charge in [0.25, 0.3) is 0 Å². The molecule has 2 aromatic rings. The molecule has 1 atom stereocenters. The van der Waals surface area contributed by atoms with E-state index in [1.807, 2.05) is 23.1 Å². The second kappa shape index (κ2) is 7.56. The average Bonchev–Trinajstić information content (AvgIpc) is 2.78. The zero-order valence-corrected chi connectivity index (χ0v) is 15.9. The number of fused-ring (bicyclic) bond motifs is 1. The second-order valence-electron chi connectivity index (χ2n) is 7.63. The summed E-state index contributed by atoms with van der Waals surface area (Å²) in [6.07, 6.45) is 3.30. The van der Waals surface area contributed by atoms with Crippen LogP contribution in [0.1, 0.15) is 44.9 Å². The van der Waals surface area contributed by atoms with Gasteiger partial charge in [0.05, 0.1) is 11.0 Å². The van der Waals surface area contributed by atoms with Crippen LogP contribution in [-0.2, 0) is 11.3 Å². The van der Waals surface area contributed by atoms with Gasteiger partial charge >= 0.3 is 0 Å². The summed E-state index contributed by atoms with van der Waals surface area (Å²) in [6, 6.07) is 8.69. The van der Waals surface area contributed by atoms with E-state index in [1.165, 1.54) is 6.42 Å². The summed E-state index contributed by atoms with van der Waals surface area (Å²) < 4.78 is 2.11. The van der Waals surface area contributed by atoms with Crippen LogP contribution in [0.2, 0.25) is 0 Å². The molecule has 0 unspecified atom stereocenters. The number of benzene rings is 1. The van der Waals surface area contributed by atoms with Crippen molar-refractivity contribution < 1.29 is 4.79 Å². The number of carbonyl (C=O) groups excluding carboxylic acids is 1. The first-order valence-electron chi connectivity index (χ1n) is 9.36. The molecule has 1 fully saturated rings. The molecule has 5 heteroatoms. The molecule has 1 amide bonds. The summed E-state index contributed by atoms with van der Waals surface area (Å²) in [5.74, 6) is 1.50. The largest absolute Gasteiger partial charge is 0.341 e. The van der Waals surface area contributed by atoms with E-state index in [1.54, 1.807) is 0 Å². The van der Waals surface area contributed by atoms with Gasteiger partial charge in [-0.25, -0.2) is 4.98 Å². The number of hydrogen-bond acceptors (Lipinski definition) is 3. The van der Waals surface area contributed by atoms with Crippen LogP contribution in [0.4, 0.5) is 0 Å². The number of imidazole rings is 1. The number of likely N-dealkylation sites (tertiary alicyclic amines) is 1. The molecule has 136 valence electrons. The van der Waals surface area contributed by atoms with Gasteiger partial charge in [-0.1, -0.05) is 26.0 Å². The molecule has 1 aliphatic heterocycles. The van der Waals surface area contributed by atoms with Gasteiger partial charge in [-0.15, -0.1) is 0 Å². The molecule has 0 radical (unpaired) electrons. The maximum atomic E-state index is 13.0. The fourth-order valence-corrected chi connectivity index (χ4v) is 3.78. The van der Waals surface area contributed by atoms with Crippen molar-refractivity contribution in [1.29, 1.82) is 0 Å². The Morgan fingerprint density at radius 2 is 2.00 bits per heavy atom. The molecule has 0 bridgehead atoms. The molecule has 0 N–H and O–H groups in total. The Hall–Kier alpha value is -1.88. The Bertz CT molecular complexity index is 734. The van der Waals surface area contributed by atoms with Gasteiger partial charge in [-0.05, 0) is 45.5 Å². The summed E-state index contributed by atoms with van der Waals surface area (Å²) in [5, 5.41) is 0. The molecular formula is C20H30N4O. The maximum Gasteiger partial charge on any atom is 0.242 e. The van der Waals surface area contributed by atoms with Gasteiger partial charge in [0.2, 0.25) is 5.91 Å². The smallest absolute Gasteiger partial charge is 0.242 e. The molecule has 0 aliphatic carbocycles. The van der Waals surface area contributed by atoms with Crippen LogP contribution in [0.5, 0.6) is 0 Å². The third-order valence-corrected chi connectivity index (χ3v) is 5.27. The first-order chi connectivity index (χ1) is 12.0. The van der Waals surface area contributed by atoms with Gasteiger partial charge in [0, 0.05) is 25.0 Å². The van der Waals surface area contributed by atoms with Gasteiger partial charge in [-0.3, -0.25) is 4.79 Å². The molecule has 3 rings (SSSR count). The predicted molar refractivity (Wildman–Crippen MR) is 102 cm³/mol. The minimum atomic E-state index is 0.212. The lowest BCUT2D eigenvalue weighted by Gasteiger charge is -2.24. The lowest BCUT2D eigenvalue weighted by atomic mass is 10.1. The van der Waals surface area contributed by atoms with E-state index < -0.39 is 0 Å². The molecule has 1 aliphatic rings. The van der Waals surface area contributed by atoms with Crippen molar-refractivity contribution in [3.05, 3.63) is 30.1 Å². The van der Waals surface area contributed by atoms with Crippen LogP contribution in [0.25, 0.3) is 11.0 Å². The lowest BCUT2D eigenvalue weighted by molar-refractivity contribution is -0.131. The topological polar surface area (TPSA) is 41.4 Å². The van der Waals surface area contributed by atoms with Crippen LogP contribution in [0.15, 0.2) is 24.3 Å². The van der Waals surface area contributed by atoms with Crippen molar-refractivity contribution in [3.63, 3.8) is 0 Å². The number of aromatic nitrogens is 2. The highest BCUT2D eigenvalue weighted by molar-refractivity contribution is 5.81. The highest BCUT2D eigenvalue weighted by Gasteiger charge is 2.23. The van der Waals surface area contributed by atoms with Crippen molar-refractivity contribution in [1.82, 2.24) is 19.4 Å². The van der Waals surface area contributed by atoms with Crippen LogP contribution < -0.4 is 0 Å². The Morgan fingerprint density at radius 3 is 2.72 bits per heavy atom. The van der Waals surface area contributed by atoms with E-state index in [0.29, 0.717) is 18.5 Å². The Morgan fingerprint density at radius 1 is 1.24 bits per heavy atom. The van der Waals surface area contributed by atoms with E-state index >= 15 is 0 Å². The molecular weight excluding hydrogens is 312 g/mol. The zero-order valence-electron chi connectivity index (χ0n) is 15.9. The Kier molecular flexibility index (Phi) is 5.42. The molecule has 2 heterocycles. The maximum absolute atomic E-state index is 13.0. The van der Waals surface area contributed by atoms with Crippen LogP contribution in [-0.4, -0.2) is 58.5 Å². The SMILES string of the molecule is CC(C)c1nc2ccccc2n1CC(=O)N1CCC[C@H](N(C)C)CC1. The van der Waals surface area contributed by atoms with Gasteiger partial charge < -0.3 is 14.4 Å². The predicted octanol–water partition coefficient (Wildman–Crippen LogP) is 3.10. The number of hydrogen-bond donors (Lipinski definition) is 0. The second-order valence-corrected chi connectivity index (χ2v) is 7.63. The van der Waals surface area contributed by atoms with Crippen LogP contribution in [0, 0.1) is 0 Å². The third-order valence-electron chi connectivity index (χ3n) is 5.27. The first kappa shape index (κ1) is 17.9.